The Kier molecular flexibility index (Phi) is 6.29. The summed E-state index contributed by atoms with van der Waals surface area (Å²) in [5, 5.41) is 3.90. The summed E-state index contributed by atoms with van der Waals surface area (Å²) in [5.74, 6) is 0. The van der Waals surface area contributed by atoms with Crippen molar-refractivity contribution in [3.63, 3.8) is 0 Å². The van der Waals surface area contributed by atoms with Gasteiger partial charge in [-0.2, -0.15) is 0 Å². The van der Waals surface area contributed by atoms with Gasteiger partial charge in [-0.1, -0.05) is 132 Å². The molecule has 2 heterocycles. The third kappa shape index (κ3) is 4.21. The zero-order valence-electron chi connectivity index (χ0n) is 29.6. The highest BCUT2D eigenvalue weighted by molar-refractivity contribution is 6.73. The van der Waals surface area contributed by atoms with Gasteiger partial charge in [-0.05, 0) is 93.3 Å². The highest BCUT2D eigenvalue weighted by Gasteiger charge is 2.44. The van der Waals surface area contributed by atoms with Crippen molar-refractivity contribution in [3.05, 3.63) is 160 Å². The third-order valence-electron chi connectivity index (χ3n) is 11.7. The molecule has 0 atom stereocenters. The van der Waals surface area contributed by atoms with Crippen molar-refractivity contribution in [2.75, 3.05) is 10.2 Å². The molecule has 0 spiro atoms. The van der Waals surface area contributed by atoms with Crippen LogP contribution in [-0.2, 0) is 16.2 Å². The molecule has 0 fully saturated rings. The van der Waals surface area contributed by atoms with Crippen LogP contribution in [0.5, 0.6) is 0 Å². The Hall–Kier alpha value is -5.02. The van der Waals surface area contributed by atoms with Gasteiger partial charge in [0.2, 0.25) is 0 Å². The molecule has 1 aliphatic carbocycles. The van der Waals surface area contributed by atoms with Crippen LogP contribution in [0.15, 0.2) is 121 Å². The van der Waals surface area contributed by atoms with E-state index in [1.54, 1.807) is 0 Å². The lowest BCUT2D eigenvalue weighted by Gasteiger charge is -2.46. The second-order valence-corrected chi connectivity index (χ2v) is 15.8. The van der Waals surface area contributed by atoms with E-state index in [-0.39, 0.29) is 16.2 Å². The van der Waals surface area contributed by atoms with E-state index in [0.29, 0.717) is 0 Å². The molecule has 0 saturated carbocycles. The lowest BCUT2D eigenvalue weighted by molar-refractivity contribution is 0.521. The number of fused-ring (bicyclic) bond motifs is 6. The highest BCUT2D eigenvalue weighted by Crippen LogP contribution is 2.54. The van der Waals surface area contributed by atoms with Gasteiger partial charge in [-0.25, -0.2) is 0 Å². The van der Waals surface area contributed by atoms with Crippen molar-refractivity contribution in [2.45, 2.75) is 64.7 Å². The van der Waals surface area contributed by atoms with Gasteiger partial charge in [0.15, 0.2) is 7.28 Å². The topological polar surface area (TPSA) is 15.3 Å². The van der Waals surface area contributed by atoms with Gasteiger partial charge in [0.25, 0.3) is 0 Å². The van der Waals surface area contributed by atoms with Crippen LogP contribution in [0.25, 0.3) is 11.1 Å². The maximum Gasteiger partial charge on any atom is 0.197 e. The molecule has 49 heavy (non-hydrogen) atoms. The van der Waals surface area contributed by atoms with Crippen molar-refractivity contribution in [1.82, 2.24) is 0 Å². The Balaban J connectivity index is 1.33. The van der Waals surface area contributed by atoms with Gasteiger partial charge in [0.05, 0.1) is 5.69 Å². The summed E-state index contributed by atoms with van der Waals surface area (Å²) in [6.45, 7) is 16.6. The van der Waals surface area contributed by atoms with Gasteiger partial charge in [-0.3, -0.25) is 0 Å². The number of rotatable bonds is 3. The predicted octanol–water partition coefficient (Wildman–Crippen LogP) is 10.4. The molecule has 1 radical (unpaired) electrons. The number of benzene rings is 6. The molecule has 1 N–H and O–H groups in total. The first-order valence-electron chi connectivity index (χ1n) is 17.6. The van der Waals surface area contributed by atoms with Gasteiger partial charge in [-0.15, -0.1) is 0 Å². The average Bonchev–Trinajstić information content (AvgIpc) is 3.09. The van der Waals surface area contributed by atoms with Gasteiger partial charge in [0.1, 0.15) is 0 Å². The Bertz CT molecular complexity index is 2330. The van der Waals surface area contributed by atoms with Crippen LogP contribution in [-0.4, -0.2) is 7.28 Å². The van der Waals surface area contributed by atoms with Crippen LogP contribution in [0.1, 0.15) is 80.5 Å². The molecule has 239 valence electrons. The number of hydrogen-bond donors (Lipinski definition) is 1. The number of anilines is 5. The fourth-order valence-electron chi connectivity index (χ4n) is 9.14. The molecule has 6 aromatic rings. The molecule has 2 aliphatic heterocycles. The Morgan fingerprint density at radius 3 is 1.82 bits per heavy atom. The highest BCUT2D eigenvalue weighted by atomic mass is 15.2. The zero-order valence-corrected chi connectivity index (χ0v) is 29.6. The van der Waals surface area contributed by atoms with Crippen molar-refractivity contribution >= 4 is 46.6 Å². The fraction of sp³-hybridized carbons (Fsp3) is 0.217. The molecule has 3 heteroatoms. The molecular weight excluding hydrogens is 591 g/mol. The Morgan fingerprint density at radius 2 is 1.10 bits per heavy atom. The van der Waals surface area contributed by atoms with Gasteiger partial charge in [0, 0.05) is 44.6 Å². The maximum atomic E-state index is 3.90. The Morgan fingerprint density at radius 1 is 0.510 bits per heavy atom. The van der Waals surface area contributed by atoms with Crippen LogP contribution < -0.4 is 21.1 Å². The van der Waals surface area contributed by atoms with Crippen LogP contribution in [0.2, 0.25) is 0 Å². The number of nitrogens with zero attached hydrogens (tertiary/aromatic N) is 1. The molecule has 0 aromatic heterocycles. The summed E-state index contributed by atoms with van der Waals surface area (Å²) >= 11 is 0. The van der Waals surface area contributed by atoms with E-state index < -0.39 is 0 Å². The van der Waals surface area contributed by atoms with Crippen LogP contribution >= 0.6 is 0 Å². The largest absolute Gasteiger partial charge is 0.355 e. The minimum absolute atomic E-state index is 0.101. The summed E-state index contributed by atoms with van der Waals surface area (Å²) in [7, 11) is 2.44. The molecule has 0 unspecified atom stereocenters. The summed E-state index contributed by atoms with van der Waals surface area (Å²) in [4.78, 5) is 2.54. The number of para-hydroxylation sites is 3. The van der Waals surface area contributed by atoms with E-state index in [4.69, 9.17) is 0 Å². The van der Waals surface area contributed by atoms with E-state index in [9.17, 15) is 0 Å². The molecule has 0 bridgehead atoms. The number of nitrogens with one attached hydrogen (secondary N) is 1. The SMILES string of the molecule is Cc1cc(-c2cc3c(cc2Nc2ccccc2)C(C)(C)c2ccccc2C3(C)C)c2c(c1)N1c3ccccc3C(C)(C)c3cccc(c31)[B]2. The van der Waals surface area contributed by atoms with E-state index in [1.807, 2.05) is 0 Å². The van der Waals surface area contributed by atoms with Crippen molar-refractivity contribution in [1.29, 1.82) is 0 Å². The summed E-state index contributed by atoms with van der Waals surface area (Å²) in [5.41, 5.74) is 20.2. The molecule has 3 aliphatic rings. The first-order chi connectivity index (χ1) is 23.5. The average molecular weight is 634 g/mol. The van der Waals surface area contributed by atoms with E-state index in [1.165, 1.54) is 78.1 Å². The van der Waals surface area contributed by atoms with Gasteiger partial charge >= 0.3 is 0 Å². The van der Waals surface area contributed by atoms with E-state index >= 15 is 0 Å². The molecule has 0 amide bonds. The van der Waals surface area contributed by atoms with E-state index in [0.717, 1.165) is 11.4 Å². The summed E-state index contributed by atoms with van der Waals surface area (Å²) < 4.78 is 0. The van der Waals surface area contributed by atoms with Crippen molar-refractivity contribution in [3.8, 4) is 11.1 Å². The normalized spacial score (nSPS) is 16.7. The first kappa shape index (κ1) is 30.1. The number of aryl methyl sites for hydroxylation is 1. The minimum atomic E-state index is -0.159. The third-order valence-corrected chi connectivity index (χ3v) is 11.7. The van der Waals surface area contributed by atoms with Crippen molar-refractivity contribution in [2.24, 2.45) is 0 Å². The zero-order chi connectivity index (χ0) is 33.9. The van der Waals surface area contributed by atoms with Crippen LogP contribution in [0, 0.1) is 6.92 Å². The van der Waals surface area contributed by atoms with Crippen LogP contribution in [0.3, 0.4) is 0 Å². The summed E-state index contributed by atoms with van der Waals surface area (Å²) in [6.07, 6.45) is 0. The van der Waals surface area contributed by atoms with Crippen LogP contribution in [0.4, 0.5) is 28.4 Å². The first-order valence-corrected chi connectivity index (χ1v) is 17.6. The van der Waals surface area contributed by atoms with E-state index in [2.05, 4.69) is 187 Å². The monoisotopic (exact) mass is 633 g/mol. The smallest absolute Gasteiger partial charge is 0.197 e. The summed E-state index contributed by atoms with van der Waals surface area (Å²) in [6, 6.07) is 45.3. The molecule has 2 nitrogen and oxygen atoms in total. The number of hydrogen-bond acceptors (Lipinski definition) is 2. The standard InChI is InChI=1S/C46H42BN2/c1-28-24-31(42-41(25-28)49-40-23-14-13-20-34(40)46(6,7)35-21-15-22-38(47-42)43(35)49)30-26-36-37(27-39(30)48-29-16-9-8-10-17-29)45(4,5)33-19-12-11-18-32(33)44(36,2)3/h8-27,48H,1-7H3. The van der Waals surface area contributed by atoms with Gasteiger partial charge < -0.3 is 10.2 Å². The molecule has 9 rings (SSSR count). The molecule has 6 aromatic carbocycles. The lowest BCUT2D eigenvalue weighted by atomic mass is 9.55. The Labute approximate surface area is 292 Å². The second-order valence-electron chi connectivity index (χ2n) is 15.8. The second kappa shape index (κ2) is 10.2. The minimum Gasteiger partial charge on any atom is -0.355 e. The maximum absolute atomic E-state index is 3.90. The lowest BCUT2D eigenvalue weighted by Crippen LogP contribution is -2.45. The fourth-order valence-corrected chi connectivity index (χ4v) is 9.14. The quantitative estimate of drug-likeness (QED) is 0.195. The predicted molar refractivity (Wildman–Crippen MR) is 209 cm³/mol. The molecule has 0 saturated heterocycles. The van der Waals surface area contributed by atoms with Crippen molar-refractivity contribution < 1.29 is 0 Å². The molecular formula is C46H42BN2.